The summed E-state index contributed by atoms with van der Waals surface area (Å²) in [5, 5.41) is 16.9. The molecule has 5 N–H and O–H groups in total. The third kappa shape index (κ3) is 6.78. The zero-order chi connectivity index (χ0) is 23.8. The Kier molecular flexibility index (Phi) is 7.99. The van der Waals surface area contributed by atoms with Crippen molar-refractivity contribution in [3.8, 4) is 0 Å². The molecule has 0 bridgehead atoms. The van der Waals surface area contributed by atoms with Crippen LogP contribution in [-0.2, 0) is 27.4 Å². The Bertz CT molecular complexity index is 1120. The zero-order valence-corrected chi connectivity index (χ0v) is 18.2. The second-order valence-electron chi connectivity index (χ2n) is 7.77. The molecule has 3 atom stereocenters. The van der Waals surface area contributed by atoms with Crippen LogP contribution in [0.15, 0.2) is 72.8 Å². The Labute approximate surface area is 191 Å². The molecule has 3 aromatic carbocycles. The number of primary amides is 1. The third-order valence-electron chi connectivity index (χ3n) is 5.16. The summed E-state index contributed by atoms with van der Waals surface area (Å²) in [6.45, 7) is 1.36. The van der Waals surface area contributed by atoms with E-state index in [1.807, 2.05) is 60.7 Å². The predicted octanol–water partition coefficient (Wildman–Crippen LogP) is 2.03. The molecule has 3 amide bonds. The van der Waals surface area contributed by atoms with E-state index in [0.717, 1.165) is 21.9 Å². The van der Waals surface area contributed by atoms with E-state index in [2.05, 4.69) is 10.6 Å². The number of nitrogens with one attached hydrogen (secondary N) is 2. The molecule has 0 aliphatic carbocycles. The average molecular weight is 450 g/mol. The van der Waals surface area contributed by atoms with E-state index in [0.29, 0.717) is 0 Å². The molecule has 0 fully saturated rings. The maximum atomic E-state index is 12.8. The Balaban J connectivity index is 1.63. The number of alkyl carbamates (subject to hydrolysis) is 1. The van der Waals surface area contributed by atoms with E-state index in [1.54, 1.807) is 12.1 Å². The van der Waals surface area contributed by atoms with Crippen LogP contribution >= 0.6 is 0 Å². The van der Waals surface area contributed by atoms with Gasteiger partial charge in [0.1, 0.15) is 18.7 Å². The molecular formula is C25H27N3O5. The van der Waals surface area contributed by atoms with Crippen molar-refractivity contribution >= 4 is 28.7 Å². The quantitative estimate of drug-likeness (QED) is 0.397. The van der Waals surface area contributed by atoms with E-state index in [1.165, 1.54) is 6.92 Å². The summed E-state index contributed by atoms with van der Waals surface area (Å²) in [7, 11) is 0. The summed E-state index contributed by atoms with van der Waals surface area (Å²) in [6, 6.07) is 20.1. The molecule has 3 rings (SSSR count). The lowest BCUT2D eigenvalue weighted by molar-refractivity contribution is -0.130. The third-order valence-corrected chi connectivity index (χ3v) is 5.16. The molecule has 172 valence electrons. The van der Waals surface area contributed by atoms with Gasteiger partial charge in [-0.1, -0.05) is 72.8 Å². The van der Waals surface area contributed by atoms with Gasteiger partial charge in [-0.25, -0.2) is 4.79 Å². The van der Waals surface area contributed by atoms with Gasteiger partial charge in [0.05, 0.1) is 6.10 Å². The lowest BCUT2D eigenvalue weighted by Gasteiger charge is -2.23. The van der Waals surface area contributed by atoms with Crippen LogP contribution in [0.2, 0.25) is 0 Å². The molecule has 0 aliphatic rings. The van der Waals surface area contributed by atoms with E-state index < -0.39 is 36.1 Å². The smallest absolute Gasteiger partial charge is 0.408 e. The van der Waals surface area contributed by atoms with Crippen molar-refractivity contribution in [2.24, 2.45) is 5.73 Å². The highest BCUT2D eigenvalue weighted by atomic mass is 16.5. The molecule has 0 saturated carbocycles. The van der Waals surface area contributed by atoms with Crippen molar-refractivity contribution in [1.29, 1.82) is 0 Å². The molecule has 8 nitrogen and oxygen atoms in total. The molecular weight excluding hydrogens is 422 g/mol. The van der Waals surface area contributed by atoms with Crippen molar-refractivity contribution in [3.63, 3.8) is 0 Å². The summed E-state index contributed by atoms with van der Waals surface area (Å²) >= 11 is 0. The second-order valence-corrected chi connectivity index (χ2v) is 7.77. The maximum absolute atomic E-state index is 12.8. The van der Waals surface area contributed by atoms with Crippen molar-refractivity contribution in [2.75, 3.05) is 0 Å². The van der Waals surface area contributed by atoms with Crippen LogP contribution in [-0.4, -0.2) is 41.2 Å². The molecule has 8 heteroatoms. The van der Waals surface area contributed by atoms with Crippen molar-refractivity contribution < 1.29 is 24.2 Å². The van der Waals surface area contributed by atoms with Crippen molar-refractivity contribution in [3.05, 3.63) is 83.9 Å². The maximum Gasteiger partial charge on any atom is 0.408 e. The van der Waals surface area contributed by atoms with Gasteiger partial charge in [0, 0.05) is 6.42 Å². The molecule has 0 radical (unpaired) electrons. The molecule has 3 aromatic rings. The van der Waals surface area contributed by atoms with Gasteiger partial charge in [0.2, 0.25) is 11.8 Å². The SMILES string of the molecule is C[C@@H](O)[C@H](NC(=O)OCc1ccccc1)C(=O)N[C@@H](Cc1ccc2ccccc2c1)C(N)=O. The normalized spacial score (nSPS) is 13.5. The highest BCUT2D eigenvalue weighted by Gasteiger charge is 2.29. The van der Waals surface area contributed by atoms with E-state index >= 15 is 0 Å². The summed E-state index contributed by atoms with van der Waals surface area (Å²) in [4.78, 5) is 36.9. The highest BCUT2D eigenvalue weighted by Crippen LogP contribution is 2.17. The van der Waals surface area contributed by atoms with Gasteiger partial charge in [0.25, 0.3) is 0 Å². The minimum Gasteiger partial charge on any atom is -0.445 e. The monoisotopic (exact) mass is 449 g/mol. The van der Waals surface area contributed by atoms with Crippen LogP contribution in [0.3, 0.4) is 0 Å². The van der Waals surface area contributed by atoms with Gasteiger partial charge in [0.15, 0.2) is 0 Å². The number of benzene rings is 3. The Morgan fingerprint density at radius 1 is 0.909 bits per heavy atom. The molecule has 0 saturated heterocycles. The fourth-order valence-electron chi connectivity index (χ4n) is 3.38. The van der Waals surface area contributed by atoms with Crippen LogP contribution in [0, 0.1) is 0 Å². The van der Waals surface area contributed by atoms with E-state index in [9.17, 15) is 19.5 Å². The number of fused-ring (bicyclic) bond motifs is 1. The molecule has 0 heterocycles. The summed E-state index contributed by atoms with van der Waals surface area (Å²) in [5.41, 5.74) is 7.09. The standard InChI is InChI=1S/C25H27N3O5/c1-16(29)22(28-25(32)33-15-17-7-3-2-4-8-17)24(31)27-21(23(26)30)14-18-11-12-19-9-5-6-10-20(19)13-18/h2-13,16,21-22,29H,14-15H2,1H3,(H2,26,30)(H,27,31)(H,28,32)/t16-,21+,22+/m1/s1. The number of aliphatic hydroxyl groups is 1. The summed E-state index contributed by atoms with van der Waals surface area (Å²) in [5.74, 6) is -1.47. The fraction of sp³-hybridized carbons (Fsp3) is 0.240. The molecule has 33 heavy (non-hydrogen) atoms. The lowest BCUT2D eigenvalue weighted by atomic mass is 10.0. The number of nitrogens with two attached hydrogens (primary N) is 1. The van der Waals surface area contributed by atoms with Gasteiger partial charge in [-0.3, -0.25) is 9.59 Å². The van der Waals surface area contributed by atoms with Crippen LogP contribution < -0.4 is 16.4 Å². The van der Waals surface area contributed by atoms with Crippen LogP contribution in [0.4, 0.5) is 4.79 Å². The van der Waals surface area contributed by atoms with Crippen molar-refractivity contribution in [2.45, 2.75) is 38.1 Å². The number of rotatable bonds is 9. The molecule has 0 spiro atoms. The molecule has 0 aliphatic heterocycles. The Morgan fingerprint density at radius 2 is 1.58 bits per heavy atom. The second kappa shape index (κ2) is 11.1. The van der Waals surface area contributed by atoms with Gasteiger partial charge in [-0.05, 0) is 28.8 Å². The largest absolute Gasteiger partial charge is 0.445 e. The highest BCUT2D eigenvalue weighted by molar-refractivity contribution is 5.91. The van der Waals surface area contributed by atoms with Gasteiger partial charge >= 0.3 is 6.09 Å². The van der Waals surface area contributed by atoms with Gasteiger partial charge in [-0.2, -0.15) is 0 Å². The number of hydrogen-bond donors (Lipinski definition) is 4. The van der Waals surface area contributed by atoms with Crippen LogP contribution in [0.25, 0.3) is 10.8 Å². The minimum absolute atomic E-state index is 0.00664. The van der Waals surface area contributed by atoms with Gasteiger partial charge in [-0.15, -0.1) is 0 Å². The average Bonchev–Trinajstić information content (AvgIpc) is 2.81. The Hall–Kier alpha value is -3.91. The molecule has 0 unspecified atom stereocenters. The number of carbonyl (C=O) groups excluding carboxylic acids is 3. The van der Waals surface area contributed by atoms with E-state index in [-0.39, 0.29) is 13.0 Å². The first-order chi connectivity index (χ1) is 15.8. The summed E-state index contributed by atoms with van der Waals surface area (Å²) in [6.07, 6.45) is -1.94. The zero-order valence-electron chi connectivity index (χ0n) is 18.2. The predicted molar refractivity (Wildman–Crippen MR) is 124 cm³/mol. The summed E-state index contributed by atoms with van der Waals surface area (Å²) < 4.78 is 5.12. The van der Waals surface area contributed by atoms with Crippen molar-refractivity contribution in [1.82, 2.24) is 10.6 Å². The number of carbonyl (C=O) groups is 3. The Morgan fingerprint density at radius 3 is 2.24 bits per heavy atom. The number of aliphatic hydroxyl groups excluding tert-OH is 1. The van der Waals surface area contributed by atoms with Crippen LogP contribution in [0.1, 0.15) is 18.1 Å². The van der Waals surface area contributed by atoms with E-state index in [4.69, 9.17) is 10.5 Å². The fourth-order valence-corrected chi connectivity index (χ4v) is 3.38. The first kappa shape index (κ1) is 23.7. The first-order valence-electron chi connectivity index (χ1n) is 10.6. The number of ether oxygens (including phenoxy) is 1. The van der Waals surface area contributed by atoms with Gasteiger partial charge < -0.3 is 26.2 Å². The first-order valence-corrected chi connectivity index (χ1v) is 10.6. The molecule has 0 aromatic heterocycles. The number of amides is 3. The van der Waals surface area contributed by atoms with Crippen LogP contribution in [0.5, 0.6) is 0 Å². The minimum atomic E-state index is -1.33. The topological polar surface area (TPSA) is 131 Å². The number of hydrogen-bond acceptors (Lipinski definition) is 5. The lowest BCUT2D eigenvalue weighted by Crippen LogP contribution is -2.57.